The number of fused-ring (bicyclic) bond motifs is 2. The Hall–Kier alpha value is -2.89. The molecule has 0 aliphatic carbocycles. The molecule has 0 saturated carbocycles. The van der Waals surface area contributed by atoms with Gasteiger partial charge >= 0.3 is 10.1 Å². The highest BCUT2D eigenvalue weighted by Gasteiger charge is 2.53. The maximum absolute atomic E-state index is 13.1. The minimum absolute atomic E-state index is 0.267. The van der Waals surface area contributed by atoms with Gasteiger partial charge in [0.25, 0.3) is 0 Å². The van der Waals surface area contributed by atoms with E-state index in [0.29, 0.717) is 12.2 Å². The van der Waals surface area contributed by atoms with Gasteiger partial charge in [-0.2, -0.15) is 8.42 Å². The van der Waals surface area contributed by atoms with Crippen molar-refractivity contribution in [3.05, 3.63) is 102 Å². The molecule has 0 unspecified atom stereocenters. The summed E-state index contributed by atoms with van der Waals surface area (Å²) in [5, 5.41) is -0.740. The number of ether oxygens (including phenoxy) is 1. The molecular formula is C24H20O4S. The zero-order valence-corrected chi connectivity index (χ0v) is 16.5. The van der Waals surface area contributed by atoms with E-state index in [2.05, 4.69) is 0 Å². The summed E-state index contributed by atoms with van der Waals surface area (Å²) >= 11 is 0. The van der Waals surface area contributed by atoms with E-state index in [1.54, 1.807) is 24.3 Å². The second-order valence-electron chi connectivity index (χ2n) is 7.27. The van der Waals surface area contributed by atoms with Crippen molar-refractivity contribution >= 4 is 21.3 Å². The van der Waals surface area contributed by atoms with Crippen molar-refractivity contribution in [1.82, 2.24) is 0 Å². The van der Waals surface area contributed by atoms with Crippen LogP contribution in [0, 0.1) is 0 Å². The van der Waals surface area contributed by atoms with Crippen molar-refractivity contribution in [3.63, 3.8) is 0 Å². The van der Waals surface area contributed by atoms with Crippen LogP contribution < -0.4 is 4.18 Å². The van der Waals surface area contributed by atoms with E-state index in [4.69, 9.17) is 8.92 Å². The SMILES string of the molecule is O=S(=O)(Oc1ccccc1)[C@H]1C[C@H]2O[C@@H]1C(c1ccccc1)=C2c1ccccc1. The Kier molecular flexibility index (Phi) is 4.49. The molecule has 5 rings (SSSR count). The van der Waals surface area contributed by atoms with E-state index < -0.39 is 21.5 Å². The summed E-state index contributed by atoms with van der Waals surface area (Å²) in [7, 11) is -3.85. The Morgan fingerprint density at radius 3 is 1.83 bits per heavy atom. The highest BCUT2D eigenvalue weighted by molar-refractivity contribution is 7.87. The molecule has 2 aliphatic rings. The summed E-state index contributed by atoms with van der Waals surface area (Å²) in [6, 6.07) is 28.6. The fourth-order valence-corrected chi connectivity index (χ4v) is 5.68. The maximum Gasteiger partial charge on any atom is 0.315 e. The van der Waals surface area contributed by atoms with Gasteiger partial charge in [0.1, 0.15) is 17.1 Å². The lowest BCUT2D eigenvalue weighted by Gasteiger charge is -2.24. The largest absolute Gasteiger partial charge is 0.382 e. The summed E-state index contributed by atoms with van der Waals surface area (Å²) in [5.74, 6) is 0.323. The van der Waals surface area contributed by atoms with Gasteiger partial charge in [-0.1, -0.05) is 78.9 Å². The van der Waals surface area contributed by atoms with Crippen LogP contribution in [-0.4, -0.2) is 25.9 Å². The molecule has 2 heterocycles. The number of hydrogen-bond donors (Lipinski definition) is 0. The van der Waals surface area contributed by atoms with Gasteiger partial charge in [0.15, 0.2) is 0 Å². The van der Waals surface area contributed by atoms with Gasteiger partial charge in [-0.15, -0.1) is 0 Å². The summed E-state index contributed by atoms with van der Waals surface area (Å²) < 4.78 is 37.8. The van der Waals surface area contributed by atoms with Crippen LogP contribution in [0.25, 0.3) is 11.1 Å². The second-order valence-corrected chi connectivity index (χ2v) is 9.03. The predicted octanol–water partition coefficient (Wildman–Crippen LogP) is 4.55. The Balaban J connectivity index is 1.57. The molecule has 3 aromatic rings. The van der Waals surface area contributed by atoms with Gasteiger partial charge in [-0.3, -0.25) is 0 Å². The van der Waals surface area contributed by atoms with E-state index in [-0.39, 0.29) is 6.10 Å². The molecule has 146 valence electrons. The first-order valence-electron chi connectivity index (χ1n) is 9.62. The Labute approximate surface area is 170 Å². The molecule has 2 aliphatic heterocycles. The third kappa shape index (κ3) is 3.26. The maximum atomic E-state index is 13.1. The summed E-state index contributed by atoms with van der Waals surface area (Å²) in [5.41, 5.74) is 4.07. The zero-order valence-electron chi connectivity index (χ0n) is 15.6. The molecule has 2 bridgehead atoms. The minimum Gasteiger partial charge on any atom is -0.382 e. The fraction of sp³-hybridized carbons (Fsp3) is 0.167. The molecule has 1 saturated heterocycles. The molecule has 5 heteroatoms. The van der Waals surface area contributed by atoms with Crippen molar-refractivity contribution in [2.45, 2.75) is 23.9 Å². The normalized spacial score (nSPS) is 23.4. The van der Waals surface area contributed by atoms with E-state index >= 15 is 0 Å². The molecule has 1 fully saturated rings. The van der Waals surface area contributed by atoms with Gasteiger partial charge < -0.3 is 8.92 Å². The minimum atomic E-state index is -3.85. The fourth-order valence-electron chi connectivity index (χ4n) is 4.26. The van der Waals surface area contributed by atoms with Crippen molar-refractivity contribution in [2.24, 2.45) is 0 Å². The van der Waals surface area contributed by atoms with Gasteiger partial charge in [-0.25, -0.2) is 0 Å². The Morgan fingerprint density at radius 2 is 1.24 bits per heavy atom. The molecule has 4 nitrogen and oxygen atoms in total. The zero-order chi connectivity index (χ0) is 19.8. The summed E-state index contributed by atoms with van der Waals surface area (Å²) in [4.78, 5) is 0. The lowest BCUT2D eigenvalue weighted by molar-refractivity contribution is 0.128. The molecule has 0 aromatic heterocycles. The third-order valence-electron chi connectivity index (χ3n) is 5.49. The monoisotopic (exact) mass is 404 g/mol. The van der Waals surface area contributed by atoms with Gasteiger partial charge in [-0.05, 0) is 34.4 Å². The van der Waals surface area contributed by atoms with Crippen LogP contribution in [0.1, 0.15) is 17.5 Å². The van der Waals surface area contributed by atoms with Crippen molar-refractivity contribution in [2.75, 3.05) is 0 Å². The standard InChI is InChI=1S/C24H20O4S/c25-29(26,28-19-14-8-3-9-15-19)21-16-20-22(17-10-4-1-5-11-17)23(24(21)27-20)18-12-6-2-7-13-18/h1-15,20-21,24H,16H2/t20-,21+,24+/m1/s1. The molecule has 0 N–H and O–H groups in total. The molecule has 29 heavy (non-hydrogen) atoms. The topological polar surface area (TPSA) is 52.6 Å². The number of benzene rings is 3. The number of rotatable bonds is 5. The van der Waals surface area contributed by atoms with Crippen molar-refractivity contribution < 1.29 is 17.3 Å². The smallest absolute Gasteiger partial charge is 0.315 e. The van der Waals surface area contributed by atoms with Crippen molar-refractivity contribution in [3.8, 4) is 5.75 Å². The summed E-state index contributed by atoms with van der Waals surface area (Å²) in [6.45, 7) is 0. The molecule has 0 spiro atoms. The number of hydrogen-bond acceptors (Lipinski definition) is 4. The quantitative estimate of drug-likeness (QED) is 0.586. The molecule has 0 amide bonds. The Bertz CT molecular complexity index is 1140. The van der Waals surface area contributed by atoms with Gasteiger partial charge in [0.2, 0.25) is 0 Å². The van der Waals surface area contributed by atoms with Crippen LogP contribution in [0.3, 0.4) is 0 Å². The summed E-state index contributed by atoms with van der Waals surface area (Å²) in [6.07, 6.45) is -0.427. The van der Waals surface area contributed by atoms with Crippen LogP contribution in [0.5, 0.6) is 5.75 Å². The van der Waals surface area contributed by atoms with Crippen LogP contribution in [0.4, 0.5) is 0 Å². The highest BCUT2D eigenvalue weighted by atomic mass is 32.2. The molecule has 3 aromatic carbocycles. The van der Waals surface area contributed by atoms with Crippen LogP contribution >= 0.6 is 0 Å². The first-order valence-corrected chi connectivity index (χ1v) is 11.1. The first-order chi connectivity index (χ1) is 14.1. The van der Waals surface area contributed by atoms with Crippen LogP contribution in [0.2, 0.25) is 0 Å². The Morgan fingerprint density at radius 1 is 0.724 bits per heavy atom. The average Bonchev–Trinajstić information content (AvgIpc) is 3.35. The molecule has 0 radical (unpaired) electrons. The van der Waals surface area contributed by atoms with E-state index in [0.717, 1.165) is 22.3 Å². The van der Waals surface area contributed by atoms with E-state index in [1.165, 1.54) is 0 Å². The second kappa shape index (κ2) is 7.17. The first kappa shape index (κ1) is 18.2. The number of para-hydroxylation sites is 1. The molecular weight excluding hydrogens is 384 g/mol. The van der Waals surface area contributed by atoms with Crippen molar-refractivity contribution in [1.29, 1.82) is 0 Å². The van der Waals surface area contributed by atoms with E-state index in [9.17, 15) is 8.42 Å². The highest BCUT2D eigenvalue weighted by Crippen LogP contribution is 2.50. The van der Waals surface area contributed by atoms with Crippen LogP contribution in [0.15, 0.2) is 91.0 Å². The van der Waals surface area contributed by atoms with E-state index in [1.807, 2.05) is 66.7 Å². The lowest BCUT2D eigenvalue weighted by Crippen LogP contribution is -2.35. The average molecular weight is 404 g/mol. The predicted molar refractivity (Wildman–Crippen MR) is 113 cm³/mol. The van der Waals surface area contributed by atoms with Gasteiger partial charge in [0.05, 0.1) is 6.10 Å². The lowest BCUT2D eigenvalue weighted by atomic mass is 9.84. The third-order valence-corrected chi connectivity index (χ3v) is 7.09. The van der Waals surface area contributed by atoms with Gasteiger partial charge in [0, 0.05) is 6.42 Å². The van der Waals surface area contributed by atoms with Crippen LogP contribution in [-0.2, 0) is 14.9 Å². The molecule has 3 atom stereocenters.